The van der Waals surface area contributed by atoms with Crippen LogP contribution in [0.15, 0.2) is 36.7 Å². The van der Waals surface area contributed by atoms with Crippen LogP contribution in [0.2, 0.25) is 5.02 Å². The van der Waals surface area contributed by atoms with Gasteiger partial charge in [0.2, 0.25) is 0 Å². The summed E-state index contributed by atoms with van der Waals surface area (Å²) in [5.74, 6) is -0.741. The minimum atomic E-state index is -0.480. The van der Waals surface area contributed by atoms with Gasteiger partial charge in [-0.05, 0) is 23.8 Å². The first kappa shape index (κ1) is 14.3. The van der Waals surface area contributed by atoms with Gasteiger partial charge in [0.05, 0.1) is 10.6 Å². The van der Waals surface area contributed by atoms with Gasteiger partial charge in [-0.2, -0.15) is 0 Å². The van der Waals surface area contributed by atoms with Crippen LogP contribution in [0.1, 0.15) is 15.9 Å². The fourth-order valence-electron chi connectivity index (χ4n) is 1.72. The Morgan fingerprint density at radius 3 is 2.90 bits per heavy atom. The molecule has 0 atom stereocenters. The summed E-state index contributed by atoms with van der Waals surface area (Å²) in [7, 11) is 1.73. The Kier molecular flexibility index (Phi) is 4.53. The maximum Gasteiger partial charge on any atom is 0.255 e. The van der Waals surface area contributed by atoms with Gasteiger partial charge < -0.3 is 10.6 Å². The standard InChI is InChI=1S/C14H13ClFN3O/c1-17-13-4-5-18-8-10(13)14(20)19-7-9-2-3-12(16)11(15)6-9/h2-6,8H,7H2,1H3,(H,17,18)(H,19,20). The number of nitrogens with zero attached hydrogens (tertiary/aromatic N) is 1. The van der Waals surface area contributed by atoms with E-state index in [1.165, 1.54) is 18.3 Å². The minimum Gasteiger partial charge on any atom is -0.387 e. The normalized spacial score (nSPS) is 10.2. The zero-order chi connectivity index (χ0) is 14.5. The lowest BCUT2D eigenvalue weighted by Crippen LogP contribution is -2.23. The summed E-state index contributed by atoms with van der Waals surface area (Å²) >= 11 is 5.69. The van der Waals surface area contributed by atoms with Crippen molar-refractivity contribution in [1.29, 1.82) is 0 Å². The van der Waals surface area contributed by atoms with E-state index in [9.17, 15) is 9.18 Å². The predicted molar refractivity (Wildman–Crippen MR) is 76.4 cm³/mol. The second-order valence-electron chi connectivity index (χ2n) is 4.10. The monoisotopic (exact) mass is 293 g/mol. The van der Waals surface area contributed by atoms with Crippen LogP contribution in [0.3, 0.4) is 0 Å². The second kappa shape index (κ2) is 6.34. The van der Waals surface area contributed by atoms with Crippen LogP contribution < -0.4 is 10.6 Å². The number of benzene rings is 1. The molecule has 0 saturated carbocycles. The first-order valence-corrected chi connectivity index (χ1v) is 6.33. The lowest BCUT2D eigenvalue weighted by Gasteiger charge is -2.09. The summed E-state index contributed by atoms with van der Waals surface area (Å²) in [5.41, 5.74) is 1.86. The third-order valence-corrected chi connectivity index (χ3v) is 3.06. The van der Waals surface area contributed by atoms with Crippen molar-refractivity contribution in [2.75, 3.05) is 12.4 Å². The van der Waals surface area contributed by atoms with E-state index in [2.05, 4.69) is 15.6 Å². The summed E-state index contributed by atoms with van der Waals surface area (Å²) in [6.07, 6.45) is 3.08. The molecule has 1 heterocycles. The number of anilines is 1. The average molecular weight is 294 g/mol. The Morgan fingerprint density at radius 2 is 2.20 bits per heavy atom. The largest absolute Gasteiger partial charge is 0.387 e. The van der Waals surface area contributed by atoms with E-state index >= 15 is 0 Å². The molecule has 0 unspecified atom stereocenters. The highest BCUT2D eigenvalue weighted by Crippen LogP contribution is 2.16. The third kappa shape index (κ3) is 3.24. The van der Waals surface area contributed by atoms with Crippen LogP contribution >= 0.6 is 11.6 Å². The summed E-state index contributed by atoms with van der Waals surface area (Å²) in [6, 6.07) is 6.04. The van der Waals surface area contributed by atoms with E-state index in [1.807, 2.05) is 0 Å². The van der Waals surface area contributed by atoms with E-state index in [1.54, 1.807) is 25.4 Å². The molecule has 1 aromatic carbocycles. The lowest BCUT2D eigenvalue weighted by molar-refractivity contribution is 0.0951. The van der Waals surface area contributed by atoms with Gasteiger partial charge in [0.15, 0.2) is 0 Å². The van der Waals surface area contributed by atoms with E-state index in [-0.39, 0.29) is 17.5 Å². The summed E-state index contributed by atoms with van der Waals surface area (Å²) in [5, 5.41) is 5.69. The fourth-order valence-corrected chi connectivity index (χ4v) is 1.92. The molecule has 0 saturated heterocycles. The molecule has 0 spiro atoms. The average Bonchev–Trinajstić information content (AvgIpc) is 2.48. The van der Waals surface area contributed by atoms with Gasteiger partial charge in [-0.3, -0.25) is 9.78 Å². The molecule has 0 fully saturated rings. The number of amides is 1. The molecule has 104 valence electrons. The van der Waals surface area contributed by atoms with Crippen molar-refractivity contribution in [1.82, 2.24) is 10.3 Å². The smallest absolute Gasteiger partial charge is 0.255 e. The summed E-state index contributed by atoms with van der Waals surface area (Å²) in [4.78, 5) is 16.0. The van der Waals surface area contributed by atoms with Gasteiger partial charge in [-0.15, -0.1) is 0 Å². The van der Waals surface area contributed by atoms with Gasteiger partial charge in [-0.25, -0.2) is 4.39 Å². The number of carbonyl (C=O) groups excluding carboxylic acids is 1. The predicted octanol–water partition coefficient (Wildman–Crippen LogP) is 2.85. The fraction of sp³-hybridized carbons (Fsp3) is 0.143. The van der Waals surface area contributed by atoms with Gasteiger partial charge in [0.1, 0.15) is 5.82 Å². The molecule has 0 radical (unpaired) electrons. The molecule has 0 aliphatic carbocycles. The summed E-state index contributed by atoms with van der Waals surface area (Å²) < 4.78 is 13.0. The molecule has 20 heavy (non-hydrogen) atoms. The van der Waals surface area contributed by atoms with E-state index in [0.717, 1.165) is 5.56 Å². The maximum atomic E-state index is 13.0. The van der Waals surface area contributed by atoms with Gasteiger partial charge in [-0.1, -0.05) is 17.7 Å². The van der Waals surface area contributed by atoms with Crippen molar-refractivity contribution in [2.24, 2.45) is 0 Å². The van der Waals surface area contributed by atoms with Crippen molar-refractivity contribution in [3.05, 3.63) is 58.6 Å². The molecule has 2 rings (SSSR count). The molecular formula is C14H13ClFN3O. The SMILES string of the molecule is CNc1ccncc1C(=O)NCc1ccc(F)c(Cl)c1. The van der Waals surface area contributed by atoms with E-state index in [4.69, 9.17) is 11.6 Å². The Hall–Kier alpha value is -2.14. The lowest BCUT2D eigenvalue weighted by atomic mass is 10.2. The Labute approximate surface area is 121 Å². The first-order valence-electron chi connectivity index (χ1n) is 5.95. The molecule has 6 heteroatoms. The number of hydrogen-bond donors (Lipinski definition) is 2. The molecule has 2 aromatic rings. The van der Waals surface area contributed by atoms with Crippen LogP contribution in [0.4, 0.5) is 10.1 Å². The quantitative estimate of drug-likeness (QED) is 0.911. The van der Waals surface area contributed by atoms with Gasteiger partial charge >= 0.3 is 0 Å². The Bertz CT molecular complexity index is 634. The van der Waals surface area contributed by atoms with Crippen LogP contribution in [0.5, 0.6) is 0 Å². The molecule has 2 N–H and O–H groups in total. The van der Waals surface area contributed by atoms with Crippen molar-refractivity contribution in [3.8, 4) is 0 Å². The Balaban J connectivity index is 2.06. The minimum absolute atomic E-state index is 0.0361. The number of rotatable bonds is 4. The highest BCUT2D eigenvalue weighted by atomic mass is 35.5. The highest BCUT2D eigenvalue weighted by Gasteiger charge is 2.10. The van der Waals surface area contributed by atoms with Crippen molar-refractivity contribution in [2.45, 2.75) is 6.54 Å². The van der Waals surface area contributed by atoms with Crippen LogP contribution in [0.25, 0.3) is 0 Å². The number of pyridine rings is 1. The van der Waals surface area contributed by atoms with E-state index < -0.39 is 5.82 Å². The topological polar surface area (TPSA) is 54.0 Å². The van der Waals surface area contributed by atoms with Gasteiger partial charge in [0.25, 0.3) is 5.91 Å². The first-order chi connectivity index (χ1) is 9.61. The molecular weight excluding hydrogens is 281 g/mol. The number of hydrogen-bond acceptors (Lipinski definition) is 3. The van der Waals surface area contributed by atoms with Crippen molar-refractivity contribution < 1.29 is 9.18 Å². The number of halogens is 2. The maximum absolute atomic E-state index is 13.0. The third-order valence-electron chi connectivity index (χ3n) is 2.77. The Morgan fingerprint density at radius 1 is 1.40 bits per heavy atom. The van der Waals surface area contributed by atoms with Crippen LogP contribution in [-0.2, 0) is 6.54 Å². The number of nitrogens with one attached hydrogen (secondary N) is 2. The highest BCUT2D eigenvalue weighted by molar-refractivity contribution is 6.30. The van der Waals surface area contributed by atoms with Crippen molar-refractivity contribution in [3.63, 3.8) is 0 Å². The van der Waals surface area contributed by atoms with Crippen LogP contribution in [-0.4, -0.2) is 17.9 Å². The number of carbonyl (C=O) groups is 1. The second-order valence-corrected chi connectivity index (χ2v) is 4.51. The molecule has 0 aliphatic rings. The molecule has 0 bridgehead atoms. The number of aromatic nitrogens is 1. The zero-order valence-corrected chi connectivity index (χ0v) is 11.5. The summed E-state index contributed by atoms with van der Waals surface area (Å²) in [6.45, 7) is 0.261. The van der Waals surface area contributed by atoms with E-state index in [0.29, 0.717) is 11.3 Å². The van der Waals surface area contributed by atoms with Crippen LogP contribution in [0, 0.1) is 5.82 Å². The zero-order valence-electron chi connectivity index (χ0n) is 10.8. The molecule has 4 nitrogen and oxygen atoms in total. The molecule has 0 aliphatic heterocycles. The molecule has 1 aromatic heterocycles. The molecule has 1 amide bonds. The van der Waals surface area contributed by atoms with Gasteiger partial charge in [0, 0.05) is 31.7 Å². The van der Waals surface area contributed by atoms with Crippen molar-refractivity contribution >= 4 is 23.2 Å².